The van der Waals surface area contributed by atoms with Crippen LogP contribution in [0.1, 0.15) is 44.7 Å². The standard InChI is InChI=1S/C18H28N2O/c1-13(2)16-8-6-7-15(5)17(16)19-9-11-20(12-10-19)18(21)14(3)4/h6-8,13-14H,9-12H2,1-5H3. The minimum Gasteiger partial charge on any atom is -0.368 e. The maximum Gasteiger partial charge on any atom is 0.225 e. The summed E-state index contributed by atoms with van der Waals surface area (Å²) in [6, 6.07) is 6.57. The SMILES string of the molecule is Cc1cccc(C(C)C)c1N1CCN(C(=O)C(C)C)CC1. The Bertz CT molecular complexity index is 500. The van der Waals surface area contributed by atoms with Gasteiger partial charge in [-0.3, -0.25) is 4.79 Å². The smallest absolute Gasteiger partial charge is 0.225 e. The average Bonchev–Trinajstić information content (AvgIpc) is 2.46. The lowest BCUT2D eigenvalue weighted by Gasteiger charge is -2.38. The Morgan fingerprint density at radius 2 is 1.67 bits per heavy atom. The number of para-hydroxylation sites is 1. The Balaban J connectivity index is 2.14. The minimum absolute atomic E-state index is 0.0984. The molecular weight excluding hydrogens is 260 g/mol. The van der Waals surface area contributed by atoms with Gasteiger partial charge in [0.15, 0.2) is 0 Å². The van der Waals surface area contributed by atoms with Crippen LogP contribution in [0.4, 0.5) is 5.69 Å². The molecule has 3 nitrogen and oxygen atoms in total. The number of hydrogen-bond donors (Lipinski definition) is 0. The van der Waals surface area contributed by atoms with Crippen LogP contribution in [0.25, 0.3) is 0 Å². The van der Waals surface area contributed by atoms with Crippen molar-refractivity contribution in [3.8, 4) is 0 Å². The van der Waals surface area contributed by atoms with Crippen molar-refractivity contribution in [2.24, 2.45) is 5.92 Å². The second-order valence-electron chi connectivity index (χ2n) is 6.63. The van der Waals surface area contributed by atoms with Crippen LogP contribution in [0, 0.1) is 12.8 Å². The quantitative estimate of drug-likeness (QED) is 0.851. The van der Waals surface area contributed by atoms with E-state index in [9.17, 15) is 4.79 Å². The van der Waals surface area contributed by atoms with Crippen molar-refractivity contribution in [2.45, 2.75) is 40.5 Å². The molecule has 1 saturated heterocycles. The molecular formula is C18H28N2O. The number of benzene rings is 1. The van der Waals surface area contributed by atoms with E-state index in [0.717, 1.165) is 26.2 Å². The fourth-order valence-electron chi connectivity index (χ4n) is 3.10. The molecule has 1 aromatic carbocycles. The molecule has 0 radical (unpaired) electrons. The van der Waals surface area contributed by atoms with Gasteiger partial charge in [-0.1, -0.05) is 45.9 Å². The summed E-state index contributed by atoms with van der Waals surface area (Å²) in [6.07, 6.45) is 0. The highest BCUT2D eigenvalue weighted by molar-refractivity contribution is 5.78. The zero-order chi connectivity index (χ0) is 15.6. The number of hydrogen-bond acceptors (Lipinski definition) is 2. The highest BCUT2D eigenvalue weighted by atomic mass is 16.2. The Morgan fingerprint density at radius 1 is 1.05 bits per heavy atom. The summed E-state index contributed by atoms with van der Waals surface area (Å²) in [6.45, 7) is 14.2. The summed E-state index contributed by atoms with van der Waals surface area (Å²) >= 11 is 0. The zero-order valence-electron chi connectivity index (χ0n) is 14.0. The van der Waals surface area contributed by atoms with Gasteiger partial charge in [0.25, 0.3) is 0 Å². The third kappa shape index (κ3) is 3.39. The molecule has 0 spiro atoms. The van der Waals surface area contributed by atoms with Crippen molar-refractivity contribution in [1.29, 1.82) is 0 Å². The summed E-state index contributed by atoms with van der Waals surface area (Å²) in [5, 5.41) is 0. The molecule has 21 heavy (non-hydrogen) atoms. The van der Waals surface area contributed by atoms with Crippen molar-refractivity contribution in [3.05, 3.63) is 29.3 Å². The predicted octanol–water partition coefficient (Wildman–Crippen LogP) is 3.42. The van der Waals surface area contributed by atoms with Gasteiger partial charge in [-0.15, -0.1) is 0 Å². The van der Waals surface area contributed by atoms with E-state index in [1.165, 1.54) is 16.8 Å². The molecule has 0 unspecified atom stereocenters. The Labute approximate surface area is 128 Å². The predicted molar refractivity (Wildman–Crippen MR) is 88.9 cm³/mol. The first-order valence-electron chi connectivity index (χ1n) is 8.05. The van der Waals surface area contributed by atoms with Gasteiger partial charge in [0.05, 0.1) is 0 Å². The summed E-state index contributed by atoms with van der Waals surface area (Å²) < 4.78 is 0. The monoisotopic (exact) mass is 288 g/mol. The van der Waals surface area contributed by atoms with E-state index < -0.39 is 0 Å². The van der Waals surface area contributed by atoms with Gasteiger partial charge in [0, 0.05) is 37.8 Å². The first-order valence-corrected chi connectivity index (χ1v) is 8.05. The minimum atomic E-state index is 0.0984. The lowest BCUT2D eigenvalue weighted by Crippen LogP contribution is -2.50. The van der Waals surface area contributed by atoms with Gasteiger partial charge < -0.3 is 9.80 Å². The van der Waals surface area contributed by atoms with Gasteiger partial charge in [0.1, 0.15) is 0 Å². The molecule has 0 aromatic heterocycles. The number of anilines is 1. The van der Waals surface area contributed by atoms with Gasteiger partial charge in [-0.25, -0.2) is 0 Å². The largest absolute Gasteiger partial charge is 0.368 e. The Hall–Kier alpha value is -1.51. The molecule has 0 atom stereocenters. The van der Waals surface area contributed by atoms with Crippen LogP contribution in [0.15, 0.2) is 18.2 Å². The molecule has 0 aliphatic carbocycles. The van der Waals surface area contributed by atoms with E-state index in [-0.39, 0.29) is 11.8 Å². The summed E-state index contributed by atoms with van der Waals surface area (Å²) in [7, 11) is 0. The van der Waals surface area contributed by atoms with Crippen LogP contribution >= 0.6 is 0 Å². The second-order valence-corrected chi connectivity index (χ2v) is 6.63. The second kappa shape index (κ2) is 6.50. The first-order chi connectivity index (χ1) is 9.91. The third-order valence-electron chi connectivity index (χ3n) is 4.29. The Morgan fingerprint density at radius 3 is 2.19 bits per heavy atom. The molecule has 1 aliphatic heterocycles. The van der Waals surface area contributed by atoms with Gasteiger partial charge >= 0.3 is 0 Å². The molecule has 0 bridgehead atoms. The van der Waals surface area contributed by atoms with Gasteiger partial charge in [-0.05, 0) is 24.0 Å². The highest BCUT2D eigenvalue weighted by Gasteiger charge is 2.25. The number of nitrogens with zero attached hydrogens (tertiary/aromatic N) is 2. The van der Waals surface area contributed by atoms with Crippen LogP contribution < -0.4 is 4.90 Å². The molecule has 0 saturated carbocycles. The van der Waals surface area contributed by atoms with Crippen molar-refractivity contribution >= 4 is 11.6 Å². The first kappa shape index (κ1) is 15.9. The van der Waals surface area contributed by atoms with Crippen LogP contribution in [0.5, 0.6) is 0 Å². The topological polar surface area (TPSA) is 23.6 Å². The third-order valence-corrected chi connectivity index (χ3v) is 4.29. The molecule has 1 amide bonds. The number of carbonyl (C=O) groups excluding carboxylic acids is 1. The summed E-state index contributed by atoms with van der Waals surface area (Å²) in [4.78, 5) is 16.6. The van der Waals surface area contributed by atoms with Crippen molar-refractivity contribution in [2.75, 3.05) is 31.1 Å². The number of piperazine rings is 1. The van der Waals surface area contributed by atoms with E-state index in [4.69, 9.17) is 0 Å². The molecule has 2 rings (SSSR count). The van der Waals surface area contributed by atoms with Crippen LogP contribution in [0.3, 0.4) is 0 Å². The fraction of sp³-hybridized carbons (Fsp3) is 0.611. The van der Waals surface area contributed by atoms with E-state index in [0.29, 0.717) is 5.92 Å². The zero-order valence-corrected chi connectivity index (χ0v) is 14.0. The van der Waals surface area contributed by atoms with Crippen LogP contribution in [-0.4, -0.2) is 37.0 Å². The lowest BCUT2D eigenvalue weighted by molar-refractivity contribution is -0.134. The molecule has 1 aliphatic rings. The van der Waals surface area contributed by atoms with Crippen LogP contribution in [-0.2, 0) is 4.79 Å². The molecule has 3 heteroatoms. The summed E-state index contributed by atoms with van der Waals surface area (Å²) in [5.41, 5.74) is 4.13. The number of carbonyl (C=O) groups is 1. The molecule has 0 N–H and O–H groups in total. The maximum atomic E-state index is 12.1. The van der Waals surface area contributed by atoms with E-state index in [2.05, 4.69) is 43.9 Å². The maximum absolute atomic E-state index is 12.1. The van der Waals surface area contributed by atoms with Crippen LogP contribution in [0.2, 0.25) is 0 Å². The normalized spacial score (nSPS) is 16.0. The average molecular weight is 288 g/mol. The Kier molecular flexibility index (Phi) is 4.92. The van der Waals surface area contributed by atoms with Gasteiger partial charge in [0.2, 0.25) is 5.91 Å². The summed E-state index contributed by atoms with van der Waals surface area (Å²) in [5.74, 6) is 0.903. The number of amides is 1. The molecule has 1 aromatic rings. The molecule has 1 heterocycles. The number of aryl methyl sites for hydroxylation is 1. The van der Waals surface area contributed by atoms with E-state index >= 15 is 0 Å². The molecule has 116 valence electrons. The van der Waals surface area contributed by atoms with Crippen molar-refractivity contribution in [3.63, 3.8) is 0 Å². The number of rotatable bonds is 3. The van der Waals surface area contributed by atoms with Gasteiger partial charge in [-0.2, -0.15) is 0 Å². The van der Waals surface area contributed by atoms with Crippen molar-refractivity contribution in [1.82, 2.24) is 4.90 Å². The lowest BCUT2D eigenvalue weighted by atomic mass is 9.97. The highest BCUT2D eigenvalue weighted by Crippen LogP contribution is 2.31. The molecule has 1 fully saturated rings. The van der Waals surface area contributed by atoms with E-state index in [1.54, 1.807) is 0 Å². The van der Waals surface area contributed by atoms with E-state index in [1.807, 2.05) is 18.7 Å². The fourth-order valence-corrected chi connectivity index (χ4v) is 3.10. The van der Waals surface area contributed by atoms with Crippen molar-refractivity contribution < 1.29 is 4.79 Å².